The van der Waals surface area contributed by atoms with E-state index < -0.39 is 13.3 Å². The van der Waals surface area contributed by atoms with E-state index in [0.29, 0.717) is 0 Å². The third-order valence-electron chi connectivity index (χ3n) is 8.37. The van der Waals surface area contributed by atoms with Gasteiger partial charge < -0.3 is 5.11 Å². The number of aromatic nitrogens is 1. The number of pyridine rings is 1. The summed E-state index contributed by atoms with van der Waals surface area (Å²) in [5, 5.41) is 14.4. The average Bonchev–Trinajstić information content (AvgIpc) is 2.95. The summed E-state index contributed by atoms with van der Waals surface area (Å²) in [4.78, 5) is 16.5. The van der Waals surface area contributed by atoms with Crippen molar-refractivity contribution in [3.05, 3.63) is 72.1 Å². The van der Waals surface area contributed by atoms with Crippen LogP contribution in [0, 0.1) is 24.8 Å². The number of rotatable bonds is 8. The van der Waals surface area contributed by atoms with E-state index in [1.807, 2.05) is 33.9 Å². The van der Waals surface area contributed by atoms with E-state index in [1.165, 1.54) is 21.2 Å². The first-order valence-electron chi connectivity index (χ1n) is 15.0. The summed E-state index contributed by atoms with van der Waals surface area (Å²) in [6, 6.07) is 18.5. The van der Waals surface area contributed by atoms with Crippen molar-refractivity contribution in [1.29, 1.82) is 0 Å². The van der Waals surface area contributed by atoms with Crippen LogP contribution in [-0.2, 0) is 24.9 Å². The molecule has 1 N–H and O–H groups in total. The minimum atomic E-state index is -2.10. The molecular weight excluding hydrogens is 759 g/mol. The van der Waals surface area contributed by atoms with Crippen molar-refractivity contribution in [3.8, 4) is 22.8 Å². The van der Waals surface area contributed by atoms with Gasteiger partial charge in [0, 0.05) is 38.0 Å². The third kappa shape index (κ3) is 6.85. The molecule has 0 unspecified atom stereocenters. The van der Waals surface area contributed by atoms with Gasteiger partial charge in [-0.05, 0) is 25.7 Å². The second kappa shape index (κ2) is 14.3. The first-order chi connectivity index (χ1) is 19.5. The zero-order valence-electron chi connectivity index (χ0n) is 26.2. The molecule has 1 aliphatic rings. The molecule has 4 nitrogen and oxygen atoms in total. The normalized spacial score (nSPS) is 12.5. The number of hydrogen-bond donors (Lipinski definition) is 1. The fourth-order valence-corrected chi connectivity index (χ4v) is 8.74. The van der Waals surface area contributed by atoms with Crippen LogP contribution in [0.3, 0.4) is 0 Å². The summed E-state index contributed by atoms with van der Waals surface area (Å²) in [6.07, 6.45) is 6.80. The Hall–Kier alpha value is -2.47. The molecule has 1 radical (unpaired) electrons. The molecule has 1 aromatic heterocycles. The number of allylic oxidation sites excluding steroid dienone is 2. The molecule has 0 saturated carbocycles. The van der Waals surface area contributed by atoms with Gasteiger partial charge in [-0.1, -0.05) is 27.7 Å². The van der Waals surface area contributed by atoms with Gasteiger partial charge in [0.15, 0.2) is 5.78 Å². The van der Waals surface area contributed by atoms with Crippen LogP contribution in [0.15, 0.2) is 60.5 Å². The van der Waals surface area contributed by atoms with E-state index in [2.05, 4.69) is 72.7 Å². The summed E-state index contributed by atoms with van der Waals surface area (Å²) >= 11 is -2.10. The van der Waals surface area contributed by atoms with Gasteiger partial charge in [0.05, 0.1) is 5.76 Å². The van der Waals surface area contributed by atoms with Crippen LogP contribution in [-0.4, -0.2) is 29.1 Å². The molecule has 5 rings (SSSR count). The number of aliphatic hydroxyl groups excluding tert-OH is 1. The molecule has 3 aromatic carbocycles. The summed E-state index contributed by atoms with van der Waals surface area (Å²) in [7, 11) is 0. The Labute approximate surface area is 267 Å². The van der Waals surface area contributed by atoms with E-state index in [1.54, 1.807) is 0 Å². The molecule has 0 atom stereocenters. The third-order valence-corrected chi connectivity index (χ3v) is 12.6. The zero-order chi connectivity index (χ0) is 29.9. The number of nitrogens with zero attached hydrogens (tertiary/aromatic N) is 1. The molecule has 0 saturated heterocycles. The molecule has 4 aromatic rings. The largest absolute Gasteiger partial charge is 0 e. The molecule has 0 bridgehead atoms. The Bertz CT molecular complexity index is 1600. The summed E-state index contributed by atoms with van der Waals surface area (Å²) in [5.74, 6) is 9.71. The fourth-order valence-electron chi connectivity index (χ4n) is 5.72. The van der Waals surface area contributed by atoms with Crippen LogP contribution in [0.5, 0.6) is 11.5 Å². The smallest absolute Gasteiger partial charge is 0 e. The maximum absolute atomic E-state index is 11.7. The number of ether oxygens (including phenoxy) is 1. The van der Waals surface area contributed by atoms with Crippen LogP contribution in [0.25, 0.3) is 32.8 Å². The number of fused-ring (bicyclic) bond motifs is 3. The maximum Gasteiger partial charge on any atom is 0 e. The number of benzene rings is 3. The molecule has 225 valence electrons. The first-order valence-corrected chi connectivity index (χ1v) is 22.4. The molecule has 42 heavy (non-hydrogen) atoms. The molecule has 0 fully saturated rings. The van der Waals surface area contributed by atoms with Gasteiger partial charge in [-0.3, -0.25) is 4.79 Å². The van der Waals surface area contributed by atoms with Crippen LogP contribution in [0.2, 0.25) is 17.3 Å². The van der Waals surface area contributed by atoms with Gasteiger partial charge in [0.2, 0.25) is 0 Å². The number of aryl methyl sites for hydroxylation is 1. The fraction of sp³-hybridized carbons (Fsp3) is 0.389. The van der Waals surface area contributed by atoms with Gasteiger partial charge in [-0.25, -0.2) is 0 Å². The van der Waals surface area contributed by atoms with Gasteiger partial charge in [0.25, 0.3) is 0 Å². The number of aliphatic hydroxyl groups is 1. The molecule has 2 heterocycles. The Kier molecular flexibility index (Phi) is 11.6. The summed E-state index contributed by atoms with van der Waals surface area (Å²) in [5.41, 5.74) is 3.15. The summed E-state index contributed by atoms with van der Waals surface area (Å²) in [6.45, 7) is 10.2. The topological polar surface area (TPSA) is 59.4 Å². The van der Waals surface area contributed by atoms with E-state index in [9.17, 15) is 9.90 Å². The first kappa shape index (κ1) is 34.0. The van der Waals surface area contributed by atoms with Crippen molar-refractivity contribution in [3.63, 3.8) is 0 Å². The number of ketones is 1. The second-order valence-corrected chi connectivity index (χ2v) is 22.6. The van der Waals surface area contributed by atoms with Crippen molar-refractivity contribution in [2.45, 2.75) is 77.6 Å². The Balaban J connectivity index is 0.000000263. The molecule has 6 heteroatoms. The van der Waals surface area contributed by atoms with E-state index >= 15 is 0 Å². The summed E-state index contributed by atoms with van der Waals surface area (Å²) < 4.78 is 8.02. The van der Waals surface area contributed by atoms with Crippen molar-refractivity contribution < 1.29 is 34.7 Å². The molecule has 0 amide bonds. The van der Waals surface area contributed by atoms with E-state index in [4.69, 9.17) is 9.72 Å². The Morgan fingerprint density at radius 1 is 0.952 bits per heavy atom. The average molecular weight is 804 g/mol. The van der Waals surface area contributed by atoms with Crippen LogP contribution in [0.1, 0.15) is 58.9 Å². The van der Waals surface area contributed by atoms with Gasteiger partial charge >= 0.3 is 156 Å². The van der Waals surface area contributed by atoms with Crippen LogP contribution < -0.4 is 9.13 Å². The zero-order valence-corrected chi connectivity index (χ0v) is 30.7. The number of carbonyl (C=O) groups is 1. The quantitative estimate of drug-likeness (QED) is 0.0735. The number of hydrogen-bond acceptors (Lipinski definition) is 4. The maximum atomic E-state index is 11.7. The minimum absolute atomic E-state index is 0. The van der Waals surface area contributed by atoms with Gasteiger partial charge in [-0.2, -0.15) is 0 Å². The van der Waals surface area contributed by atoms with Crippen molar-refractivity contribution in [1.82, 2.24) is 4.98 Å². The van der Waals surface area contributed by atoms with Crippen LogP contribution in [0.4, 0.5) is 0 Å². The molecule has 1 aliphatic heterocycles. The van der Waals surface area contributed by atoms with Gasteiger partial charge in [-0.15, -0.1) is 0 Å². The van der Waals surface area contributed by atoms with Gasteiger partial charge in [0.1, 0.15) is 0 Å². The molecule has 0 spiro atoms. The van der Waals surface area contributed by atoms with Crippen molar-refractivity contribution in [2.24, 2.45) is 11.8 Å². The Morgan fingerprint density at radius 2 is 1.60 bits per heavy atom. The molecular formula is C36H44GeIrNO3-. The predicted octanol–water partition coefficient (Wildman–Crippen LogP) is 9.68. The van der Waals surface area contributed by atoms with E-state index in [-0.39, 0.29) is 43.5 Å². The standard InChI is InChI=1S/C23H20GeNO.C13H24O2.Ir/c1-14-17-8-6-5-7-16(17)13-18-21-20-15(11-12-25-21)9-10-19(24(2,3)4)23(20)26-22(14)18;1-5-10(6-2)12(14)9-13(15)11(7-3)8-4;/h5-12H,1-4H3;9-11,14H,5-8H2,1-4H3;/q-1;;/b;12-9-;. The SMILES string of the molecule is CCC(CC)C(=O)/C=C(\O)C(CC)CC.Cc1c2c([c-]c3ccccc13)-c1nccc3cc[c]([Ge]([CH3])([CH3])[CH3])c(c13)O2.[Ir]. The minimum Gasteiger partial charge on any atom is 0 e. The van der Waals surface area contributed by atoms with E-state index in [0.717, 1.165) is 64.8 Å². The Morgan fingerprint density at radius 3 is 2.21 bits per heavy atom. The molecule has 0 aliphatic carbocycles. The second-order valence-electron chi connectivity index (χ2n) is 12.1. The number of carbonyl (C=O) groups excluding carboxylic acids is 1. The van der Waals surface area contributed by atoms with Crippen molar-refractivity contribution in [2.75, 3.05) is 0 Å². The van der Waals surface area contributed by atoms with Crippen LogP contribution >= 0.6 is 0 Å². The predicted molar refractivity (Wildman–Crippen MR) is 175 cm³/mol. The monoisotopic (exact) mass is 805 g/mol. The van der Waals surface area contributed by atoms with Crippen molar-refractivity contribution >= 4 is 45.0 Å².